The molecule has 0 radical (unpaired) electrons. The molecule has 0 aromatic rings. The molecule has 0 N–H and O–H groups in total. The van der Waals surface area contributed by atoms with Crippen LogP contribution >= 0.6 is 0 Å². The number of carboxylic acid groups (broad SMARTS) is 1. The van der Waals surface area contributed by atoms with Crippen LogP contribution in [0.3, 0.4) is 0 Å². The van der Waals surface area contributed by atoms with Crippen LogP contribution in [0.4, 0.5) is 0 Å². The van der Waals surface area contributed by atoms with Gasteiger partial charge >= 0.3 is 0 Å². The molecule has 3 nitrogen and oxygen atoms in total. The lowest BCUT2D eigenvalue weighted by molar-refractivity contribution is -0.930. The summed E-state index contributed by atoms with van der Waals surface area (Å²) in [4.78, 5) is 11.2. The van der Waals surface area contributed by atoms with Crippen LogP contribution in [0, 0.1) is 0 Å². The Balaban J connectivity index is 3.59. The van der Waals surface area contributed by atoms with Crippen molar-refractivity contribution in [2.75, 3.05) is 20.6 Å². The van der Waals surface area contributed by atoms with E-state index in [0.717, 1.165) is 13.0 Å². The third-order valence-electron chi connectivity index (χ3n) is 5.33. The summed E-state index contributed by atoms with van der Waals surface area (Å²) in [5.41, 5.74) is -0.821. The summed E-state index contributed by atoms with van der Waals surface area (Å²) in [6.07, 6.45) is 14.5. The lowest BCUT2D eigenvalue weighted by Gasteiger charge is -2.45. The van der Waals surface area contributed by atoms with E-state index >= 15 is 0 Å². The van der Waals surface area contributed by atoms with Crippen molar-refractivity contribution in [3.63, 3.8) is 0 Å². The second-order valence-corrected chi connectivity index (χ2v) is 7.79. The molecule has 0 bridgehead atoms. The van der Waals surface area contributed by atoms with Crippen molar-refractivity contribution in [1.82, 2.24) is 0 Å². The number of aliphatic carboxylic acids is 1. The number of carbonyl (C=O) groups is 1. The van der Waals surface area contributed by atoms with Crippen molar-refractivity contribution in [2.24, 2.45) is 0 Å². The summed E-state index contributed by atoms with van der Waals surface area (Å²) in [6.45, 7) is 6.69. The number of hydrogen-bond donors (Lipinski definition) is 0. The largest absolute Gasteiger partial charge is 0.544 e. The molecule has 0 atom stereocenters. The first kappa shape index (κ1) is 21.4. The number of unbranched alkanes of at least 4 members (excludes halogenated alkanes) is 10. The van der Waals surface area contributed by atoms with Gasteiger partial charge in [0.15, 0.2) is 0 Å². The van der Waals surface area contributed by atoms with E-state index in [2.05, 4.69) is 6.92 Å². The fourth-order valence-corrected chi connectivity index (χ4v) is 2.70. The van der Waals surface area contributed by atoms with Gasteiger partial charge < -0.3 is 14.4 Å². The number of carboxylic acids is 1. The lowest BCUT2D eigenvalue weighted by atomic mass is 9.99. The van der Waals surface area contributed by atoms with Gasteiger partial charge in [0.2, 0.25) is 0 Å². The Morgan fingerprint density at radius 1 is 0.818 bits per heavy atom. The molecule has 0 aliphatic rings. The second kappa shape index (κ2) is 11.0. The third kappa shape index (κ3) is 8.17. The Labute approximate surface area is 138 Å². The molecule has 0 rings (SSSR count). The smallest absolute Gasteiger partial charge is 0.133 e. The molecule has 0 aromatic carbocycles. The lowest BCUT2D eigenvalue weighted by Crippen LogP contribution is -2.64. The van der Waals surface area contributed by atoms with E-state index in [4.69, 9.17) is 0 Å². The van der Waals surface area contributed by atoms with Gasteiger partial charge in [0.05, 0.1) is 20.6 Å². The Morgan fingerprint density at radius 3 is 1.55 bits per heavy atom. The molecule has 0 aromatic heterocycles. The minimum absolute atomic E-state index is 0.493. The van der Waals surface area contributed by atoms with E-state index in [1.165, 1.54) is 64.2 Å². The summed E-state index contributed by atoms with van der Waals surface area (Å²) in [6, 6.07) is 0. The molecule has 0 unspecified atom stereocenters. The first-order chi connectivity index (χ1) is 10.3. The summed E-state index contributed by atoms with van der Waals surface area (Å²) in [5.74, 6) is -0.958. The maximum Gasteiger partial charge on any atom is 0.133 e. The molecule has 0 aliphatic heterocycles. The monoisotopic (exact) mass is 313 g/mol. The van der Waals surface area contributed by atoms with Gasteiger partial charge in [0.25, 0.3) is 0 Å². The number of quaternary nitrogens is 1. The summed E-state index contributed by atoms with van der Waals surface area (Å²) in [5, 5.41) is 11.2. The van der Waals surface area contributed by atoms with Crippen LogP contribution in [0.2, 0.25) is 0 Å². The van der Waals surface area contributed by atoms with Gasteiger partial charge in [0, 0.05) is 0 Å². The van der Waals surface area contributed by atoms with Crippen LogP contribution in [0.1, 0.15) is 91.4 Å². The zero-order valence-electron chi connectivity index (χ0n) is 15.7. The Hall–Kier alpha value is -0.570. The van der Waals surface area contributed by atoms with Crippen LogP contribution in [0.15, 0.2) is 0 Å². The van der Waals surface area contributed by atoms with Crippen molar-refractivity contribution in [3.8, 4) is 0 Å². The van der Waals surface area contributed by atoms with Crippen molar-refractivity contribution in [2.45, 2.75) is 96.9 Å². The van der Waals surface area contributed by atoms with E-state index in [1.807, 2.05) is 14.1 Å². The van der Waals surface area contributed by atoms with Crippen LogP contribution < -0.4 is 5.11 Å². The van der Waals surface area contributed by atoms with Crippen molar-refractivity contribution in [1.29, 1.82) is 0 Å². The number of nitrogens with zero attached hydrogens (tertiary/aromatic N) is 1. The highest BCUT2D eigenvalue weighted by Gasteiger charge is 2.37. The van der Waals surface area contributed by atoms with Gasteiger partial charge in [-0.3, -0.25) is 0 Å². The number of hydrogen-bond acceptors (Lipinski definition) is 2. The zero-order chi connectivity index (χ0) is 17.1. The van der Waals surface area contributed by atoms with Crippen LogP contribution in [0.5, 0.6) is 0 Å². The van der Waals surface area contributed by atoms with Crippen LogP contribution in [0.25, 0.3) is 0 Å². The molecular weight excluding hydrogens is 274 g/mol. The second-order valence-electron chi connectivity index (χ2n) is 7.79. The van der Waals surface area contributed by atoms with Gasteiger partial charge in [-0.25, -0.2) is 0 Å². The van der Waals surface area contributed by atoms with Gasteiger partial charge in [-0.2, -0.15) is 0 Å². The summed E-state index contributed by atoms with van der Waals surface area (Å²) < 4.78 is 0.493. The van der Waals surface area contributed by atoms with E-state index in [-0.39, 0.29) is 0 Å². The molecule has 22 heavy (non-hydrogen) atoms. The predicted molar refractivity (Wildman–Crippen MR) is 92.5 cm³/mol. The average molecular weight is 314 g/mol. The maximum absolute atomic E-state index is 11.2. The quantitative estimate of drug-likeness (QED) is 0.360. The average Bonchev–Trinajstić information content (AvgIpc) is 2.44. The Bertz CT molecular complexity index is 298. The Kier molecular flexibility index (Phi) is 10.8. The molecule has 0 saturated heterocycles. The fourth-order valence-electron chi connectivity index (χ4n) is 2.70. The minimum atomic E-state index is -0.958. The molecule has 0 fully saturated rings. The van der Waals surface area contributed by atoms with E-state index < -0.39 is 11.5 Å². The molecule has 132 valence electrons. The molecule has 0 heterocycles. The molecule has 0 amide bonds. The first-order valence-electron chi connectivity index (χ1n) is 9.30. The highest BCUT2D eigenvalue weighted by Crippen LogP contribution is 2.21. The number of carbonyl (C=O) groups excluding carboxylic acids is 1. The van der Waals surface area contributed by atoms with Crippen LogP contribution in [-0.4, -0.2) is 36.6 Å². The number of likely N-dealkylation sites (N-methyl/N-ethyl adjacent to an activating group) is 1. The van der Waals surface area contributed by atoms with Crippen molar-refractivity contribution >= 4 is 5.97 Å². The molecule has 0 saturated carbocycles. The molecule has 0 spiro atoms. The minimum Gasteiger partial charge on any atom is -0.544 e. The van der Waals surface area contributed by atoms with Gasteiger partial charge in [-0.05, 0) is 26.7 Å². The van der Waals surface area contributed by atoms with E-state index in [9.17, 15) is 9.90 Å². The van der Waals surface area contributed by atoms with Gasteiger partial charge in [-0.15, -0.1) is 0 Å². The van der Waals surface area contributed by atoms with Gasteiger partial charge in [-0.1, -0.05) is 64.7 Å². The third-order valence-corrected chi connectivity index (χ3v) is 5.33. The summed E-state index contributed by atoms with van der Waals surface area (Å²) in [7, 11) is 3.98. The normalized spacial score (nSPS) is 12.6. The first-order valence-corrected chi connectivity index (χ1v) is 9.30. The van der Waals surface area contributed by atoms with Crippen molar-refractivity contribution in [3.05, 3.63) is 0 Å². The van der Waals surface area contributed by atoms with Crippen LogP contribution in [-0.2, 0) is 4.79 Å². The predicted octanol–water partition coefficient (Wildman–Crippen LogP) is 3.90. The fraction of sp³-hybridized carbons (Fsp3) is 0.947. The SMILES string of the molecule is CCCCCCCCCCCCC[N+](C)(C)C(C)(C)C(=O)[O-]. The molecule has 0 aliphatic carbocycles. The Morgan fingerprint density at radius 2 is 1.18 bits per heavy atom. The highest BCUT2D eigenvalue weighted by molar-refractivity contribution is 5.73. The standard InChI is InChI=1S/C19H39NO2/c1-6-7-8-9-10-11-12-13-14-15-16-17-20(4,5)19(2,3)18(21)22/h6-17H2,1-5H3. The van der Waals surface area contributed by atoms with Crippen molar-refractivity contribution < 1.29 is 14.4 Å². The number of rotatable bonds is 14. The van der Waals surface area contributed by atoms with Gasteiger partial charge in [0.1, 0.15) is 11.5 Å². The molecular formula is C19H39NO2. The maximum atomic E-state index is 11.2. The topological polar surface area (TPSA) is 40.1 Å². The summed E-state index contributed by atoms with van der Waals surface area (Å²) >= 11 is 0. The van der Waals surface area contributed by atoms with E-state index in [1.54, 1.807) is 13.8 Å². The molecule has 3 heteroatoms. The zero-order valence-corrected chi connectivity index (χ0v) is 15.7. The highest BCUT2D eigenvalue weighted by atomic mass is 16.4. The van der Waals surface area contributed by atoms with E-state index in [0.29, 0.717) is 4.48 Å².